The van der Waals surface area contributed by atoms with E-state index in [9.17, 15) is 0 Å². The number of rotatable bonds is 6. The van der Waals surface area contributed by atoms with Gasteiger partial charge in [0.1, 0.15) is 0 Å². The molecule has 116 valence electrons. The van der Waals surface area contributed by atoms with Gasteiger partial charge < -0.3 is 0 Å². The summed E-state index contributed by atoms with van der Waals surface area (Å²) in [6.07, 6.45) is 5.53. The molecule has 0 aromatic carbocycles. The summed E-state index contributed by atoms with van der Waals surface area (Å²) in [5.41, 5.74) is 4.20. The molecule has 0 amide bonds. The van der Waals surface area contributed by atoms with E-state index < -0.39 is 0 Å². The molecule has 0 aliphatic rings. The fourth-order valence-corrected chi connectivity index (χ4v) is 1.62. The average molecular weight is 277 g/mol. The van der Waals surface area contributed by atoms with Gasteiger partial charge in [-0.15, -0.1) is 0 Å². The number of allylic oxidation sites excluding steroid dienone is 3. The number of hydrogen-bond donors (Lipinski definition) is 0. The van der Waals surface area contributed by atoms with Gasteiger partial charge in [-0.05, 0) is 65.6 Å². The molecule has 0 rings (SSSR count). The monoisotopic (exact) mass is 277 g/mol. The van der Waals surface area contributed by atoms with Gasteiger partial charge in [0.15, 0.2) is 0 Å². The molecule has 0 spiro atoms. The Hall–Kier alpha value is -0.820. The van der Waals surface area contributed by atoms with E-state index in [4.69, 9.17) is 0 Å². The van der Waals surface area contributed by atoms with Crippen LogP contribution < -0.4 is 0 Å². The van der Waals surface area contributed by atoms with Crippen molar-refractivity contribution in [2.75, 3.05) is 13.6 Å². The van der Waals surface area contributed by atoms with Gasteiger partial charge in [0.25, 0.3) is 0 Å². The van der Waals surface area contributed by atoms with Crippen LogP contribution in [0.3, 0.4) is 0 Å². The van der Waals surface area contributed by atoms with Crippen molar-refractivity contribution in [1.82, 2.24) is 4.90 Å². The lowest BCUT2D eigenvalue weighted by Crippen LogP contribution is -2.43. The van der Waals surface area contributed by atoms with Gasteiger partial charge in [0.05, 0.1) is 0 Å². The van der Waals surface area contributed by atoms with Gasteiger partial charge in [-0.2, -0.15) is 0 Å². The van der Waals surface area contributed by atoms with E-state index in [0.29, 0.717) is 5.41 Å². The Bertz CT molecular complexity index is 384. The van der Waals surface area contributed by atoms with Crippen molar-refractivity contribution in [3.05, 3.63) is 35.5 Å². The summed E-state index contributed by atoms with van der Waals surface area (Å²) >= 11 is 0. The first kappa shape index (κ1) is 19.2. The van der Waals surface area contributed by atoms with Crippen LogP contribution in [0.5, 0.6) is 0 Å². The fourth-order valence-electron chi connectivity index (χ4n) is 1.62. The summed E-state index contributed by atoms with van der Waals surface area (Å²) in [6.45, 7) is 23.2. The normalized spacial score (nSPS) is 13.1. The molecule has 20 heavy (non-hydrogen) atoms. The van der Waals surface area contributed by atoms with E-state index in [1.807, 2.05) is 0 Å². The summed E-state index contributed by atoms with van der Waals surface area (Å²) in [7, 11) is 2.19. The molecule has 1 nitrogen and oxygen atoms in total. The first-order chi connectivity index (χ1) is 8.88. The lowest BCUT2D eigenvalue weighted by Gasteiger charge is -2.38. The van der Waals surface area contributed by atoms with Gasteiger partial charge in [-0.1, -0.05) is 50.6 Å². The Labute approximate surface area is 127 Å². The molecule has 0 atom stereocenters. The number of nitrogens with zero attached hydrogens (tertiary/aromatic N) is 1. The third kappa shape index (κ3) is 6.56. The van der Waals surface area contributed by atoms with Crippen LogP contribution in [0, 0.1) is 5.41 Å². The van der Waals surface area contributed by atoms with Gasteiger partial charge >= 0.3 is 0 Å². The smallest absolute Gasteiger partial charge is 0.0395 e. The van der Waals surface area contributed by atoms with E-state index in [1.165, 1.54) is 17.6 Å². The zero-order valence-corrected chi connectivity index (χ0v) is 15.2. The molecule has 0 saturated heterocycles. The van der Waals surface area contributed by atoms with Crippen LogP contribution >= 0.6 is 0 Å². The van der Waals surface area contributed by atoms with Crippen LogP contribution in [0.4, 0.5) is 0 Å². The maximum atomic E-state index is 4.27. The second-order valence-corrected chi connectivity index (χ2v) is 7.83. The van der Waals surface area contributed by atoms with Crippen LogP contribution in [0.25, 0.3) is 0 Å². The zero-order valence-electron chi connectivity index (χ0n) is 15.2. The van der Waals surface area contributed by atoms with Crippen molar-refractivity contribution < 1.29 is 0 Å². The highest BCUT2D eigenvalue weighted by molar-refractivity contribution is 5.32. The second-order valence-electron chi connectivity index (χ2n) is 7.83. The van der Waals surface area contributed by atoms with Crippen LogP contribution in [-0.2, 0) is 0 Å². The van der Waals surface area contributed by atoms with Crippen LogP contribution in [0.2, 0.25) is 0 Å². The van der Waals surface area contributed by atoms with Gasteiger partial charge in [0, 0.05) is 5.54 Å². The minimum atomic E-state index is -0.0102. The Kier molecular flexibility index (Phi) is 6.97. The van der Waals surface area contributed by atoms with Gasteiger partial charge in [-0.3, -0.25) is 4.90 Å². The molecule has 0 aliphatic heterocycles. The van der Waals surface area contributed by atoms with Crippen molar-refractivity contribution in [3.63, 3.8) is 0 Å². The van der Waals surface area contributed by atoms with E-state index in [-0.39, 0.29) is 5.54 Å². The molecule has 0 aliphatic carbocycles. The van der Waals surface area contributed by atoms with Gasteiger partial charge in [-0.25, -0.2) is 0 Å². The first-order valence-electron chi connectivity index (χ1n) is 7.60. The highest BCUT2D eigenvalue weighted by Crippen LogP contribution is 2.26. The Morgan fingerprint density at radius 3 is 1.90 bits per heavy atom. The van der Waals surface area contributed by atoms with Crippen molar-refractivity contribution >= 4 is 0 Å². The quantitative estimate of drug-likeness (QED) is 0.571. The molecular formula is C19H35N. The number of hydrogen-bond acceptors (Lipinski definition) is 1. The molecule has 0 fully saturated rings. The van der Waals surface area contributed by atoms with Crippen molar-refractivity contribution in [1.29, 1.82) is 0 Å². The Balaban J connectivity index is 4.78. The first-order valence-corrected chi connectivity index (χ1v) is 7.60. The summed E-state index contributed by atoms with van der Waals surface area (Å²) < 4.78 is 0. The van der Waals surface area contributed by atoms with Gasteiger partial charge in [0.2, 0.25) is 0 Å². The third-order valence-corrected chi connectivity index (χ3v) is 4.26. The van der Waals surface area contributed by atoms with E-state index in [0.717, 1.165) is 12.1 Å². The lowest BCUT2D eigenvalue weighted by molar-refractivity contribution is 0.169. The largest absolute Gasteiger partial charge is 0.297 e. The molecule has 0 aromatic rings. The lowest BCUT2D eigenvalue weighted by atomic mass is 9.89. The Morgan fingerprint density at radius 2 is 1.50 bits per heavy atom. The van der Waals surface area contributed by atoms with E-state index in [1.54, 1.807) is 0 Å². The van der Waals surface area contributed by atoms with Crippen molar-refractivity contribution in [2.45, 2.75) is 67.3 Å². The van der Waals surface area contributed by atoms with Crippen molar-refractivity contribution in [2.24, 2.45) is 5.41 Å². The summed E-state index contributed by atoms with van der Waals surface area (Å²) in [5.74, 6) is 0. The highest BCUT2D eigenvalue weighted by atomic mass is 15.2. The molecular weight excluding hydrogens is 242 g/mol. The second kappa shape index (κ2) is 7.26. The molecule has 0 radical (unpaired) electrons. The molecule has 0 saturated carbocycles. The molecule has 1 heteroatoms. The maximum Gasteiger partial charge on any atom is 0.0395 e. The molecule has 0 unspecified atom stereocenters. The minimum absolute atomic E-state index is 0.0102. The molecule has 0 N–H and O–H groups in total. The summed E-state index contributed by atoms with van der Waals surface area (Å²) in [4.78, 5) is 2.41. The molecule has 0 heterocycles. The predicted octanol–water partition coefficient (Wildman–Crippen LogP) is 5.60. The van der Waals surface area contributed by atoms with Crippen LogP contribution in [-0.4, -0.2) is 24.0 Å². The fraction of sp³-hybridized carbons (Fsp3) is 0.684. The maximum absolute atomic E-state index is 4.27. The third-order valence-electron chi connectivity index (χ3n) is 4.26. The topological polar surface area (TPSA) is 3.24 Å². The zero-order chi connectivity index (χ0) is 16.1. The summed E-state index contributed by atoms with van der Waals surface area (Å²) in [5, 5.41) is 0. The standard InChI is InChI=1S/C19H35N/c1-15(2)16(3)11-12-17(4)19(8,9)20(10)14-13-18(5,6)7/h11-12H,4,13-14H2,1-3,5-10H3/b12-11-. The number of likely N-dealkylation sites (N-methyl/N-ethyl adjacent to an activating group) is 1. The van der Waals surface area contributed by atoms with Crippen LogP contribution in [0.1, 0.15) is 61.8 Å². The molecule has 0 aromatic heterocycles. The average Bonchev–Trinajstić information content (AvgIpc) is 2.30. The minimum Gasteiger partial charge on any atom is -0.297 e. The van der Waals surface area contributed by atoms with E-state index in [2.05, 4.69) is 86.1 Å². The van der Waals surface area contributed by atoms with E-state index >= 15 is 0 Å². The summed E-state index contributed by atoms with van der Waals surface area (Å²) in [6, 6.07) is 0. The highest BCUT2D eigenvalue weighted by Gasteiger charge is 2.26. The molecule has 0 bridgehead atoms. The predicted molar refractivity (Wildman–Crippen MR) is 93.1 cm³/mol. The SMILES string of the molecule is C=C(/C=C\C(C)=C(C)C)C(C)(C)N(C)CCC(C)(C)C. The van der Waals surface area contributed by atoms with Crippen LogP contribution in [0.15, 0.2) is 35.5 Å². The Morgan fingerprint density at radius 1 is 1.00 bits per heavy atom. The van der Waals surface area contributed by atoms with Crippen molar-refractivity contribution in [3.8, 4) is 0 Å².